The van der Waals surface area contributed by atoms with E-state index in [0.29, 0.717) is 12.1 Å². The summed E-state index contributed by atoms with van der Waals surface area (Å²) in [5.74, 6) is -2.28. The second-order valence-electron chi connectivity index (χ2n) is 14.4. The SMILES string of the molecule is CCCC(O)C1=Cc2c(NC)cccc2C1(P(=O)(O)OCOC(=O)C(C)(C)C)P(=O)(OCOC(=O)C(C)(C)C)OCOC(=O)C(C)(C)C. The normalized spacial score (nSPS) is 18.6. The summed E-state index contributed by atoms with van der Waals surface area (Å²) in [6.45, 7) is 12.8. The van der Waals surface area contributed by atoms with Gasteiger partial charge in [0.05, 0.1) is 22.3 Å². The summed E-state index contributed by atoms with van der Waals surface area (Å²) in [6, 6.07) is 4.53. The van der Waals surface area contributed by atoms with Crippen molar-refractivity contribution in [3.63, 3.8) is 0 Å². The molecule has 1 aromatic rings. The fraction of sp³-hybridized carbons (Fsp3) is 0.656. The lowest BCUT2D eigenvalue weighted by molar-refractivity contribution is -0.162. The molecule has 0 saturated heterocycles. The highest BCUT2D eigenvalue weighted by Crippen LogP contribution is 2.85. The Labute approximate surface area is 282 Å². The third kappa shape index (κ3) is 8.96. The molecule has 0 saturated carbocycles. The minimum atomic E-state index is -5.52. The van der Waals surface area contributed by atoms with Crippen LogP contribution in [0.3, 0.4) is 0 Å². The molecule has 272 valence electrons. The molecule has 16 heteroatoms. The van der Waals surface area contributed by atoms with Gasteiger partial charge in [-0.05, 0) is 92.0 Å². The first-order chi connectivity index (χ1) is 21.9. The summed E-state index contributed by atoms with van der Waals surface area (Å²) in [4.78, 5) is 47.0. The number of fused-ring (bicyclic) bond motifs is 1. The Morgan fingerprint density at radius 1 is 0.812 bits per heavy atom. The van der Waals surface area contributed by atoms with Crippen LogP contribution in [0, 0.1) is 16.2 Å². The van der Waals surface area contributed by atoms with E-state index in [2.05, 4.69) is 5.32 Å². The second kappa shape index (κ2) is 15.5. The zero-order valence-electron chi connectivity index (χ0n) is 29.7. The number of carbonyl (C=O) groups is 3. The molecule has 0 amide bonds. The van der Waals surface area contributed by atoms with Gasteiger partial charge < -0.3 is 29.5 Å². The average molecular weight is 720 g/mol. The molecule has 1 aliphatic carbocycles. The van der Waals surface area contributed by atoms with Crippen molar-refractivity contribution in [2.24, 2.45) is 16.2 Å². The molecule has 3 atom stereocenters. The number of aliphatic hydroxyl groups excluding tert-OH is 1. The van der Waals surface area contributed by atoms with Crippen LogP contribution in [0.2, 0.25) is 0 Å². The van der Waals surface area contributed by atoms with Crippen LogP contribution in [0.1, 0.15) is 93.2 Å². The van der Waals surface area contributed by atoms with Gasteiger partial charge in [-0.2, -0.15) is 0 Å². The molecular weight excluding hydrogens is 668 g/mol. The number of nitrogens with one attached hydrogen (secondary N) is 1. The smallest absolute Gasteiger partial charge is 0.363 e. The summed E-state index contributed by atoms with van der Waals surface area (Å²) in [5.41, 5.74) is -2.74. The van der Waals surface area contributed by atoms with Crippen LogP contribution < -0.4 is 5.32 Å². The van der Waals surface area contributed by atoms with E-state index < -0.39 is 80.7 Å². The third-order valence-corrected chi connectivity index (χ3v) is 12.7. The van der Waals surface area contributed by atoms with E-state index in [4.69, 9.17) is 27.8 Å². The van der Waals surface area contributed by atoms with Gasteiger partial charge in [0.1, 0.15) is 0 Å². The number of hydrogen-bond acceptors (Lipinski definition) is 13. The number of esters is 3. The molecule has 0 aromatic heterocycles. The number of anilines is 1. The zero-order valence-corrected chi connectivity index (χ0v) is 31.5. The highest BCUT2D eigenvalue weighted by Gasteiger charge is 2.71. The molecule has 14 nitrogen and oxygen atoms in total. The third-order valence-electron chi connectivity index (χ3n) is 7.26. The lowest BCUT2D eigenvalue weighted by Crippen LogP contribution is -2.36. The molecule has 0 aliphatic heterocycles. The molecule has 2 rings (SSSR count). The van der Waals surface area contributed by atoms with Crippen LogP contribution in [0.25, 0.3) is 6.08 Å². The Morgan fingerprint density at radius 3 is 1.65 bits per heavy atom. The zero-order chi connectivity index (χ0) is 36.9. The second-order valence-corrected chi connectivity index (χ2v) is 18.9. The van der Waals surface area contributed by atoms with Crippen molar-refractivity contribution in [1.29, 1.82) is 0 Å². The molecule has 3 unspecified atom stereocenters. The van der Waals surface area contributed by atoms with Gasteiger partial charge in [0, 0.05) is 18.3 Å². The van der Waals surface area contributed by atoms with Gasteiger partial charge in [0.25, 0.3) is 0 Å². The van der Waals surface area contributed by atoms with E-state index in [1.165, 1.54) is 18.2 Å². The number of carbonyl (C=O) groups excluding carboxylic acids is 3. The Balaban J connectivity index is 2.91. The first-order valence-electron chi connectivity index (χ1n) is 15.5. The molecule has 48 heavy (non-hydrogen) atoms. The van der Waals surface area contributed by atoms with Crippen LogP contribution in [-0.2, 0) is 56.2 Å². The van der Waals surface area contributed by atoms with E-state index >= 15 is 4.57 Å². The van der Waals surface area contributed by atoms with E-state index in [1.54, 1.807) is 82.4 Å². The van der Waals surface area contributed by atoms with E-state index in [1.807, 2.05) is 0 Å². The average Bonchev–Trinajstić information content (AvgIpc) is 3.33. The van der Waals surface area contributed by atoms with Crippen molar-refractivity contribution in [1.82, 2.24) is 0 Å². The fourth-order valence-corrected chi connectivity index (χ4v) is 9.63. The predicted molar refractivity (Wildman–Crippen MR) is 178 cm³/mol. The van der Waals surface area contributed by atoms with Crippen LogP contribution in [0.5, 0.6) is 0 Å². The molecule has 3 N–H and O–H groups in total. The standard InChI is InChI=1S/C32H51NO13P2/c1-12-14-25(34)23-17-21-22(15-13-16-24(21)33-11)32(23,47(38,39)44-18-41-26(35)29(2,3)4)48(40,45-19-42-27(36)30(5,6)7)46-20-43-28(37)31(8,9)10/h13,15-17,25,33-34H,12,14,18-20H2,1-11H3,(H,38,39). The maximum absolute atomic E-state index is 15.5. The van der Waals surface area contributed by atoms with Crippen LogP contribution >= 0.6 is 15.2 Å². The summed E-state index contributed by atoms with van der Waals surface area (Å²) < 4.78 is 62.8. The quantitative estimate of drug-likeness (QED) is 0.0769. The van der Waals surface area contributed by atoms with Gasteiger partial charge in [0.15, 0.2) is 0 Å². The van der Waals surface area contributed by atoms with Crippen molar-refractivity contribution < 1.29 is 61.3 Å². The molecule has 0 heterocycles. The lowest BCUT2D eigenvalue weighted by atomic mass is 9.98. The molecule has 0 fully saturated rings. The fourth-order valence-electron chi connectivity index (χ4n) is 4.60. The van der Waals surface area contributed by atoms with Crippen molar-refractivity contribution in [2.45, 2.75) is 93.1 Å². The van der Waals surface area contributed by atoms with E-state index in [-0.39, 0.29) is 23.1 Å². The number of rotatable bonds is 15. The summed E-state index contributed by atoms with van der Waals surface area (Å²) in [6.07, 6.45) is 0.301. The van der Waals surface area contributed by atoms with Gasteiger partial charge in [0.2, 0.25) is 25.3 Å². The summed E-state index contributed by atoms with van der Waals surface area (Å²) in [5, 5.41) is 14.5. The Morgan fingerprint density at radius 2 is 1.25 bits per heavy atom. The minimum absolute atomic E-state index is 0.0352. The highest BCUT2D eigenvalue weighted by atomic mass is 31.2. The van der Waals surface area contributed by atoms with Crippen LogP contribution in [0.15, 0.2) is 23.8 Å². The Hall–Kier alpha value is -2.57. The van der Waals surface area contributed by atoms with Crippen LogP contribution in [0.4, 0.5) is 5.69 Å². The number of ether oxygens (including phenoxy) is 3. The van der Waals surface area contributed by atoms with Crippen LogP contribution in [-0.4, -0.2) is 61.4 Å². The molecule has 0 spiro atoms. The monoisotopic (exact) mass is 719 g/mol. The van der Waals surface area contributed by atoms with Gasteiger partial charge in [-0.15, -0.1) is 0 Å². The number of hydrogen-bond donors (Lipinski definition) is 3. The molecule has 0 bridgehead atoms. The molecule has 0 radical (unpaired) electrons. The van der Waals surface area contributed by atoms with Gasteiger partial charge >= 0.3 is 33.1 Å². The van der Waals surface area contributed by atoms with Gasteiger partial charge in [-0.1, -0.05) is 25.5 Å². The molecule has 1 aliphatic rings. The summed E-state index contributed by atoms with van der Waals surface area (Å²) in [7, 11) is -9.24. The maximum atomic E-state index is 15.5. The highest BCUT2D eigenvalue weighted by molar-refractivity contribution is 7.73. The first kappa shape index (κ1) is 41.6. The van der Waals surface area contributed by atoms with Crippen molar-refractivity contribution >= 4 is 44.9 Å². The molecular formula is C32H51NO13P2. The van der Waals surface area contributed by atoms with E-state index in [9.17, 15) is 28.9 Å². The van der Waals surface area contributed by atoms with Gasteiger partial charge in [-0.3, -0.25) is 37.1 Å². The number of benzene rings is 1. The predicted octanol–water partition coefficient (Wildman–Crippen LogP) is 6.51. The van der Waals surface area contributed by atoms with Crippen molar-refractivity contribution in [3.8, 4) is 0 Å². The first-order valence-corrected chi connectivity index (χ1v) is 18.6. The van der Waals surface area contributed by atoms with Gasteiger partial charge in [-0.25, -0.2) is 0 Å². The largest absolute Gasteiger partial charge is 0.438 e. The Kier molecular flexibility index (Phi) is 13.5. The maximum Gasteiger partial charge on any atom is 0.363 e. The summed E-state index contributed by atoms with van der Waals surface area (Å²) >= 11 is 0. The van der Waals surface area contributed by atoms with Crippen molar-refractivity contribution in [2.75, 3.05) is 32.7 Å². The van der Waals surface area contributed by atoms with Crippen molar-refractivity contribution in [3.05, 3.63) is 34.9 Å². The minimum Gasteiger partial charge on any atom is -0.438 e. The topological polar surface area (TPSA) is 193 Å². The van der Waals surface area contributed by atoms with E-state index in [0.717, 1.165) is 0 Å². The lowest BCUT2D eigenvalue weighted by Gasteiger charge is -2.41. The molecule has 1 aromatic carbocycles. The number of aliphatic hydroxyl groups is 1. The Bertz CT molecular complexity index is 1430.